The van der Waals surface area contributed by atoms with Crippen molar-refractivity contribution in [3.63, 3.8) is 0 Å². The van der Waals surface area contributed by atoms with Crippen LogP contribution in [-0.2, 0) is 0 Å². The van der Waals surface area contributed by atoms with E-state index in [-0.39, 0.29) is 17.7 Å². The van der Waals surface area contributed by atoms with Gasteiger partial charge in [-0.25, -0.2) is 9.47 Å². The van der Waals surface area contributed by atoms with E-state index in [9.17, 15) is 4.79 Å². The lowest BCUT2D eigenvalue weighted by Crippen LogP contribution is -2.40. The summed E-state index contributed by atoms with van der Waals surface area (Å²) in [7, 11) is 0. The first-order valence-corrected chi connectivity index (χ1v) is 11.2. The number of fused-ring (bicyclic) bond motifs is 2. The van der Waals surface area contributed by atoms with Crippen LogP contribution < -0.4 is 5.32 Å². The highest BCUT2D eigenvalue weighted by Crippen LogP contribution is 2.45. The Bertz CT molecular complexity index is 1440. The number of anilines is 1. The Morgan fingerprint density at radius 3 is 2.68 bits per heavy atom. The average molecular weight is 451 g/mol. The molecule has 0 radical (unpaired) electrons. The molecule has 0 aliphatic carbocycles. The molecule has 9 nitrogen and oxygen atoms in total. The molecular weight excluding hydrogens is 430 g/mol. The summed E-state index contributed by atoms with van der Waals surface area (Å²) >= 11 is 0. The average Bonchev–Trinajstić information content (AvgIpc) is 3.57. The fourth-order valence-electron chi connectivity index (χ4n) is 5.06. The third-order valence-corrected chi connectivity index (χ3v) is 6.75. The minimum atomic E-state index is -0.331. The summed E-state index contributed by atoms with van der Waals surface area (Å²) in [6.07, 6.45) is 3.29. The first kappa shape index (κ1) is 20.2. The second kappa shape index (κ2) is 8.15. The van der Waals surface area contributed by atoms with Crippen LogP contribution in [0.1, 0.15) is 40.2 Å². The maximum absolute atomic E-state index is 12.9. The molecule has 6 rings (SSSR count). The minimum absolute atomic E-state index is 0.0500. The third-order valence-electron chi connectivity index (χ3n) is 6.75. The summed E-state index contributed by atoms with van der Waals surface area (Å²) in [5.74, 6) is 0.622. The Balaban J connectivity index is 1.33. The van der Waals surface area contributed by atoms with Gasteiger partial charge in [0.1, 0.15) is 16.9 Å². The predicted octanol–water partition coefficient (Wildman–Crippen LogP) is 4.19. The van der Waals surface area contributed by atoms with Crippen molar-refractivity contribution in [2.24, 2.45) is 5.92 Å². The number of benzene rings is 2. The van der Waals surface area contributed by atoms with E-state index in [2.05, 4.69) is 30.7 Å². The van der Waals surface area contributed by atoms with Crippen LogP contribution in [0.15, 0.2) is 70.8 Å². The third kappa shape index (κ3) is 3.23. The number of H-pyrrole nitrogens is 1. The molecule has 2 aliphatic heterocycles. The van der Waals surface area contributed by atoms with Gasteiger partial charge in [-0.3, -0.25) is 9.89 Å². The summed E-state index contributed by atoms with van der Waals surface area (Å²) in [6.45, 7) is 9.36. The van der Waals surface area contributed by atoms with E-state index in [1.54, 1.807) is 6.20 Å². The molecule has 0 bridgehead atoms. The van der Waals surface area contributed by atoms with E-state index in [0.29, 0.717) is 35.4 Å². The molecule has 1 atom stereocenters. The van der Waals surface area contributed by atoms with E-state index in [1.165, 1.54) is 0 Å². The van der Waals surface area contributed by atoms with Crippen LogP contribution in [0.2, 0.25) is 0 Å². The zero-order valence-electron chi connectivity index (χ0n) is 18.2. The zero-order valence-corrected chi connectivity index (χ0v) is 18.2. The Morgan fingerprint density at radius 2 is 1.88 bits per heavy atom. The maximum atomic E-state index is 12.9. The van der Waals surface area contributed by atoms with Crippen molar-refractivity contribution in [2.75, 3.05) is 18.4 Å². The van der Waals surface area contributed by atoms with Gasteiger partial charge in [0.05, 0.1) is 18.7 Å². The number of hydrogen-bond acceptors (Lipinski definition) is 6. The van der Waals surface area contributed by atoms with Gasteiger partial charge in [-0.05, 0) is 52.8 Å². The molecule has 1 unspecified atom stereocenters. The second-order valence-electron chi connectivity index (χ2n) is 8.58. The van der Waals surface area contributed by atoms with Gasteiger partial charge in [0, 0.05) is 29.9 Å². The normalized spacial score (nSPS) is 18.4. The van der Waals surface area contributed by atoms with Crippen molar-refractivity contribution in [1.29, 1.82) is 0 Å². The molecule has 0 spiro atoms. The van der Waals surface area contributed by atoms with E-state index in [4.69, 9.17) is 11.2 Å². The molecule has 1 amide bonds. The van der Waals surface area contributed by atoms with Crippen molar-refractivity contribution in [1.82, 2.24) is 25.4 Å². The lowest BCUT2D eigenvalue weighted by atomic mass is 9.81. The number of aromatic nitrogens is 4. The van der Waals surface area contributed by atoms with Crippen molar-refractivity contribution in [3.05, 3.63) is 94.2 Å². The topological polar surface area (TPSA) is 104 Å². The SMILES string of the molecule is [C-]#[N+]C1=C(C2CCN(C(=O)c3ccccc3)CC2)Nc2[nH]ncc2C1c1cccc2nonc12. The van der Waals surface area contributed by atoms with Gasteiger partial charge >= 0.3 is 0 Å². The maximum Gasteiger partial charge on any atom is 0.253 e. The first-order chi connectivity index (χ1) is 16.7. The molecule has 2 aliphatic rings. The lowest BCUT2D eigenvalue weighted by molar-refractivity contribution is 0.0702. The summed E-state index contributed by atoms with van der Waals surface area (Å²) in [4.78, 5) is 18.8. The van der Waals surface area contributed by atoms with Gasteiger partial charge in [0.15, 0.2) is 5.70 Å². The number of piperidine rings is 1. The van der Waals surface area contributed by atoms with E-state index >= 15 is 0 Å². The quantitative estimate of drug-likeness (QED) is 0.453. The van der Waals surface area contributed by atoms with Gasteiger partial charge in [-0.2, -0.15) is 5.10 Å². The first-order valence-electron chi connectivity index (χ1n) is 11.2. The summed E-state index contributed by atoms with van der Waals surface area (Å²) < 4.78 is 4.98. The van der Waals surface area contributed by atoms with E-state index < -0.39 is 0 Å². The molecule has 2 aromatic carbocycles. The molecule has 9 heteroatoms. The summed E-state index contributed by atoms with van der Waals surface area (Å²) in [5, 5.41) is 18.8. The van der Waals surface area contributed by atoms with Crippen molar-refractivity contribution in [3.8, 4) is 0 Å². The number of likely N-dealkylation sites (tertiary alicyclic amines) is 1. The Hall–Kier alpha value is -4.45. The molecule has 4 aromatic rings. The van der Waals surface area contributed by atoms with Crippen LogP contribution >= 0.6 is 0 Å². The second-order valence-corrected chi connectivity index (χ2v) is 8.58. The number of carbonyl (C=O) groups excluding carboxylic acids is 1. The van der Waals surface area contributed by atoms with Crippen LogP contribution in [-0.4, -0.2) is 44.4 Å². The molecule has 168 valence electrons. The fraction of sp³-hybridized carbons (Fsp3) is 0.240. The lowest BCUT2D eigenvalue weighted by Gasteiger charge is -2.36. The molecular formula is C25H21N7O2. The van der Waals surface area contributed by atoms with Crippen LogP contribution in [0.5, 0.6) is 0 Å². The van der Waals surface area contributed by atoms with Crippen molar-refractivity contribution >= 4 is 22.8 Å². The van der Waals surface area contributed by atoms with Crippen LogP contribution in [0, 0.1) is 12.5 Å². The Morgan fingerprint density at radius 1 is 1.06 bits per heavy atom. The van der Waals surface area contributed by atoms with E-state index in [0.717, 1.165) is 35.5 Å². The van der Waals surface area contributed by atoms with E-state index in [1.807, 2.05) is 53.4 Å². The Labute approximate surface area is 195 Å². The van der Waals surface area contributed by atoms with Crippen LogP contribution in [0.25, 0.3) is 15.9 Å². The highest BCUT2D eigenvalue weighted by Gasteiger charge is 2.37. The fourth-order valence-corrected chi connectivity index (χ4v) is 5.06. The number of carbonyl (C=O) groups is 1. The molecule has 34 heavy (non-hydrogen) atoms. The molecule has 1 fully saturated rings. The number of aromatic amines is 1. The number of amides is 1. The zero-order chi connectivity index (χ0) is 23.1. The number of hydrogen-bond donors (Lipinski definition) is 2. The molecule has 1 saturated heterocycles. The summed E-state index contributed by atoms with van der Waals surface area (Å²) in [6, 6.07) is 15.1. The van der Waals surface area contributed by atoms with Gasteiger partial charge in [0.25, 0.3) is 5.91 Å². The molecule has 2 aromatic heterocycles. The molecule has 0 saturated carbocycles. The highest BCUT2D eigenvalue weighted by atomic mass is 16.6. The van der Waals surface area contributed by atoms with Gasteiger partial charge < -0.3 is 10.2 Å². The predicted molar refractivity (Wildman–Crippen MR) is 125 cm³/mol. The standard InChI is InChI=1S/C25H21N7O2/c1-26-23-20(17-8-5-9-19-22(17)31-34-30-19)18-14-27-29-24(18)28-21(23)15-10-12-32(13-11-15)25(33)16-6-3-2-4-7-16/h2-9,14-15,20H,10-13H2,(H2,27,28,29). The molecule has 4 heterocycles. The molecule has 2 N–H and O–H groups in total. The van der Waals surface area contributed by atoms with Crippen LogP contribution in [0.4, 0.5) is 5.82 Å². The van der Waals surface area contributed by atoms with Gasteiger partial charge in [0.2, 0.25) is 0 Å². The number of rotatable bonds is 3. The monoisotopic (exact) mass is 451 g/mol. The van der Waals surface area contributed by atoms with Gasteiger partial charge in [-0.1, -0.05) is 30.3 Å². The largest absolute Gasteiger partial charge is 0.354 e. The Kier molecular flexibility index (Phi) is 4.84. The number of nitrogens with one attached hydrogen (secondary N) is 2. The van der Waals surface area contributed by atoms with Crippen molar-refractivity contribution < 1.29 is 9.42 Å². The number of nitrogens with zero attached hydrogens (tertiary/aromatic N) is 5. The minimum Gasteiger partial charge on any atom is -0.354 e. The van der Waals surface area contributed by atoms with Crippen LogP contribution in [0.3, 0.4) is 0 Å². The smallest absolute Gasteiger partial charge is 0.253 e. The highest BCUT2D eigenvalue weighted by molar-refractivity contribution is 5.94. The van der Waals surface area contributed by atoms with Crippen molar-refractivity contribution in [2.45, 2.75) is 18.8 Å². The number of allylic oxidation sites excluding steroid dienone is 2. The van der Waals surface area contributed by atoms with Gasteiger partial charge in [-0.15, -0.1) is 0 Å². The summed E-state index contributed by atoms with van der Waals surface area (Å²) in [5.41, 5.74) is 5.26.